The minimum atomic E-state index is -0.345. The highest BCUT2D eigenvalue weighted by molar-refractivity contribution is 5.21. The summed E-state index contributed by atoms with van der Waals surface area (Å²) in [5.74, 6) is 1.54. The Morgan fingerprint density at radius 3 is 2.79 bits per heavy atom. The zero-order chi connectivity index (χ0) is 10.6. The van der Waals surface area contributed by atoms with Crippen LogP contribution in [-0.2, 0) is 0 Å². The Hall–Kier alpha value is -1.25. The Bertz CT molecular complexity index is 341. The standard InChI is InChI=1S/C11H16O3/c1-4-5-8(2)10-6-9(13-3)7-11(12)14-10/h6-8H,4-5H2,1-3H3/t8-/m1/s1. The molecule has 1 atom stereocenters. The lowest BCUT2D eigenvalue weighted by Gasteiger charge is -2.09. The van der Waals surface area contributed by atoms with Crippen molar-refractivity contribution in [2.75, 3.05) is 7.11 Å². The summed E-state index contributed by atoms with van der Waals surface area (Å²) >= 11 is 0. The first-order valence-electron chi connectivity index (χ1n) is 4.86. The van der Waals surface area contributed by atoms with Gasteiger partial charge in [-0.05, 0) is 6.42 Å². The number of rotatable bonds is 4. The van der Waals surface area contributed by atoms with E-state index < -0.39 is 0 Å². The van der Waals surface area contributed by atoms with Gasteiger partial charge in [0, 0.05) is 12.0 Å². The third kappa shape index (κ3) is 2.62. The smallest absolute Gasteiger partial charge is 0.339 e. The van der Waals surface area contributed by atoms with Crippen LogP contribution < -0.4 is 10.4 Å². The quantitative estimate of drug-likeness (QED) is 0.742. The minimum Gasteiger partial charge on any atom is -0.496 e. The van der Waals surface area contributed by atoms with E-state index in [1.54, 1.807) is 13.2 Å². The van der Waals surface area contributed by atoms with Crippen molar-refractivity contribution in [2.45, 2.75) is 32.6 Å². The highest BCUT2D eigenvalue weighted by Gasteiger charge is 2.09. The Morgan fingerprint density at radius 2 is 2.21 bits per heavy atom. The van der Waals surface area contributed by atoms with Crippen LogP contribution in [0.15, 0.2) is 21.3 Å². The van der Waals surface area contributed by atoms with Crippen LogP contribution in [0.2, 0.25) is 0 Å². The molecule has 0 N–H and O–H groups in total. The van der Waals surface area contributed by atoms with Gasteiger partial charge in [0.2, 0.25) is 0 Å². The maximum Gasteiger partial charge on any atom is 0.339 e. The monoisotopic (exact) mass is 196 g/mol. The largest absolute Gasteiger partial charge is 0.496 e. The molecular weight excluding hydrogens is 180 g/mol. The van der Waals surface area contributed by atoms with Crippen molar-refractivity contribution < 1.29 is 9.15 Å². The summed E-state index contributed by atoms with van der Waals surface area (Å²) in [7, 11) is 1.54. The number of ether oxygens (including phenoxy) is 1. The molecule has 1 heterocycles. The molecule has 1 rings (SSSR count). The lowest BCUT2D eigenvalue weighted by atomic mass is 10.0. The Balaban J connectivity index is 2.96. The van der Waals surface area contributed by atoms with E-state index in [9.17, 15) is 4.79 Å². The molecule has 0 fully saturated rings. The molecule has 1 aromatic heterocycles. The predicted molar refractivity (Wildman–Crippen MR) is 54.9 cm³/mol. The van der Waals surface area contributed by atoms with Crippen molar-refractivity contribution in [3.63, 3.8) is 0 Å². The molecule has 0 radical (unpaired) electrons. The van der Waals surface area contributed by atoms with Crippen LogP contribution in [0.5, 0.6) is 5.75 Å². The van der Waals surface area contributed by atoms with Gasteiger partial charge in [0.05, 0.1) is 13.2 Å². The highest BCUT2D eigenvalue weighted by Crippen LogP contribution is 2.22. The Labute approximate surface area is 83.7 Å². The van der Waals surface area contributed by atoms with Gasteiger partial charge in [-0.2, -0.15) is 0 Å². The van der Waals surface area contributed by atoms with E-state index in [4.69, 9.17) is 9.15 Å². The van der Waals surface area contributed by atoms with E-state index in [1.165, 1.54) is 6.07 Å². The predicted octanol–water partition coefficient (Wildman–Crippen LogP) is 2.55. The second kappa shape index (κ2) is 4.84. The van der Waals surface area contributed by atoms with Crippen LogP contribution in [0, 0.1) is 0 Å². The van der Waals surface area contributed by atoms with Crippen LogP contribution in [0.25, 0.3) is 0 Å². The molecule has 3 nitrogen and oxygen atoms in total. The average molecular weight is 196 g/mol. The third-order valence-corrected chi connectivity index (χ3v) is 2.21. The molecule has 14 heavy (non-hydrogen) atoms. The topological polar surface area (TPSA) is 39.4 Å². The summed E-state index contributed by atoms with van der Waals surface area (Å²) in [6.07, 6.45) is 2.08. The molecule has 3 heteroatoms. The van der Waals surface area contributed by atoms with Gasteiger partial charge in [-0.1, -0.05) is 20.3 Å². The van der Waals surface area contributed by atoms with Crippen molar-refractivity contribution >= 4 is 0 Å². The van der Waals surface area contributed by atoms with E-state index in [2.05, 4.69) is 6.92 Å². The first-order valence-corrected chi connectivity index (χ1v) is 4.86. The van der Waals surface area contributed by atoms with Gasteiger partial charge in [0.1, 0.15) is 11.5 Å². The maximum absolute atomic E-state index is 11.1. The van der Waals surface area contributed by atoms with Crippen molar-refractivity contribution in [1.29, 1.82) is 0 Å². The van der Waals surface area contributed by atoms with Crippen LogP contribution in [-0.4, -0.2) is 7.11 Å². The van der Waals surface area contributed by atoms with Gasteiger partial charge >= 0.3 is 5.63 Å². The van der Waals surface area contributed by atoms with Gasteiger partial charge in [-0.15, -0.1) is 0 Å². The van der Waals surface area contributed by atoms with Crippen molar-refractivity contribution in [1.82, 2.24) is 0 Å². The second-order valence-electron chi connectivity index (χ2n) is 3.41. The average Bonchev–Trinajstić information content (AvgIpc) is 2.17. The Morgan fingerprint density at radius 1 is 1.50 bits per heavy atom. The zero-order valence-corrected chi connectivity index (χ0v) is 8.87. The molecule has 0 aliphatic heterocycles. The van der Waals surface area contributed by atoms with Gasteiger partial charge < -0.3 is 9.15 Å². The summed E-state index contributed by atoms with van der Waals surface area (Å²) in [6.45, 7) is 4.15. The summed E-state index contributed by atoms with van der Waals surface area (Å²) in [6, 6.07) is 3.13. The van der Waals surface area contributed by atoms with Crippen molar-refractivity contribution in [3.05, 3.63) is 28.3 Å². The number of hydrogen-bond acceptors (Lipinski definition) is 3. The first kappa shape index (κ1) is 10.8. The van der Waals surface area contributed by atoms with Gasteiger partial charge in [-0.25, -0.2) is 4.79 Å². The summed E-state index contributed by atoms with van der Waals surface area (Å²) in [5, 5.41) is 0. The molecule has 78 valence electrons. The summed E-state index contributed by atoms with van der Waals surface area (Å²) in [4.78, 5) is 11.1. The molecule has 1 aromatic rings. The lowest BCUT2D eigenvalue weighted by Crippen LogP contribution is -2.03. The maximum atomic E-state index is 11.1. The molecular formula is C11H16O3. The van der Waals surface area contributed by atoms with E-state index in [0.29, 0.717) is 11.5 Å². The molecule has 0 saturated heterocycles. The number of hydrogen-bond donors (Lipinski definition) is 0. The van der Waals surface area contributed by atoms with Crippen molar-refractivity contribution in [2.24, 2.45) is 0 Å². The fraction of sp³-hybridized carbons (Fsp3) is 0.545. The van der Waals surface area contributed by atoms with Crippen molar-refractivity contribution in [3.8, 4) is 5.75 Å². The first-order chi connectivity index (χ1) is 6.67. The third-order valence-electron chi connectivity index (χ3n) is 2.21. The van der Waals surface area contributed by atoms with E-state index >= 15 is 0 Å². The number of methoxy groups -OCH3 is 1. The lowest BCUT2D eigenvalue weighted by molar-refractivity contribution is 0.379. The van der Waals surface area contributed by atoms with E-state index in [0.717, 1.165) is 12.8 Å². The fourth-order valence-corrected chi connectivity index (χ4v) is 1.41. The normalized spacial score (nSPS) is 12.5. The zero-order valence-electron chi connectivity index (χ0n) is 8.87. The minimum absolute atomic E-state index is 0.266. The summed E-state index contributed by atoms with van der Waals surface area (Å²) < 4.78 is 10.1. The van der Waals surface area contributed by atoms with E-state index in [1.807, 2.05) is 6.92 Å². The van der Waals surface area contributed by atoms with Gasteiger partial charge in [-0.3, -0.25) is 0 Å². The van der Waals surface area contributed by atoms with Gasteiger partial charge in [0.15, 0.2) is 0 Å². The molecule has 0 saturated carbocycles. The second-order valence-corrected chi connectivity index (χ2v) is 3.41. The molecule has 0 aliphatic rings. The molecule has 0 aliphatic carbocycles. The van der Waals surface area contributed by atoms with Crippen LogP contribution in [0.3, 0.4) is 0 Å². The van der Waals surface area contributed by atoms with Gasteiger partial charge in [0.25, 0.3) is 0 Å². The molecule has 0 aromatic carbocycles. The molecule has 0 unspecified atom stereocenters. The molecule has 0 bridgehead atoms. The Kier molecular flexibility index (Phi) is 3.74. The van der Waals surface area contributed by atoms with Crippen LogP contribution in [0.4, 0.5) is 0 Å². The van der Waals surface area contributed by atoms with E-state index in [-0.39, 0.29) is 11.5 Å². The molecule has 0 spiro atoms. The SMILES string of the molecule is CCC[C@@H](C)c1cc(OC)cc(=O)o1. The summed E-state index contributed by atoms with van der Waals surface area (Å²) in [5.41, 5.74) is -0.345. The van der Waals surface area contributed by atoms with Crippen LogP contribution >= 0.6 is 0 Å². The highest BCUT2D eigenvalue weighted by atomic mass is 16.5. The molecule has 0 amide bonds. The van der Waals surface area contributed by atoms with Crippen LogP contribution in [0.1, 0.15) is 38.4 Å². The fourth-order valence-electron chi connectivity index (χ4n) is 1.41.